The fourth-order valence-electron chi connectivity index (χ4n) is 2.33. The van der Waals surface area contributed by atoms with Gasteiger partial charge in [-0.15, -0.1) is 0 Å². The van der Waals surface area contributed by atoms with Crippen molar-refractivity contribution in [2.75, 3.05) is 17.2 Å². The molecule has 0 bridgehead atoms. The molecule has 3 rings (SSSR count). The molecule has 1 atom stereocenters. The number of hydrogen-bond donors (Lipinski definition) is 3. The summed E-state index contributed by atoms with van der Waals surface area (Å²) < 4.78 is 0. The van der Waals surface area contributed by atoms with Crippen molar-refractivity contribution in [3.05, 3.63) is 60.4 Å². The largest absolute Gasteiger partial charge is 0.394 e. The number of nitrogens with one attached hydrogen (secondary N) is 2. The lowest BCUT2D eigenvalue weighted by Gasteiger charge is -2.14. The van der Waals surface area contributed by atoms with Crippen LogP contribution in [0.3, 0.4) is 0 Å². The third-order valence-corrected chi connectivity index (χ3v) is 3.62. The normalized spacial score (nSPS) is 11.4. The summed E-state index contributed by atoms with van der Waals surface area (Å²) in [6.45, 7) is 1.81. The fraction of sp³-hybridized carbons (Fsp3) is 0.158. The van der Waals surface area contributed by atoms with E-state index in [1.165, 1.54) is 0 Å². The first-order valence-electron chi connectivity index (χ1n) is 8.12. The summed E-state index contributed by atoms with van der Waals surface area (Å²) in [7, 11) is 0. The molecule has 1 aromatic carbocycles. The minimum Gasteiger partial charge on any atom is -0.394 e. The Balaban J connectivity index is 1.97. The first kappa shape index (κ1) is 17.3. The minimum absolute atomic E-state index is 0.0319. The predicted octanol–water partition coefficient (Wildman–Crippen LogP) is 2.95. The van der Waals surface area contributed by atoms with Crippen LogP contribution >= 0.6 is 0 Å². The molecule has 0 saturated heterocycles. The molecule has 3 N–H and O–H groups in total. The monoisotopic (exact) mass is 346 g/mol. The summed E-state index contributed by atoms with van der Waals surface area (Å²) >= 11 is 0. The summed E-state index contributed by atoms with van der Waals surface area (Å²) in [6.07, 6.45) is 3.40. The zero-order valence-electron chi connectivity index (χ0n) is 14.2. The number of aliphatic hydroxyl groups is 1. The van der Waals surface area contributed by atoms with E-state index in [0.29, 0.717) is 23.0 Å². The molecular formula is C19H18N6O. The molecule has 0 aliphatic heterocycles. The van der Waals surface area contributed by atoms with Crippen LogP contribution in [-0.4, -0.2) is 32.7 Å². The maximum absolute atomic E-state index is 9.27. The molecule has 7 heteroatoms. The molecule has 7 nitrogen and oxygen atoms in total. The zero-order chi connectivity index (χ0) is 18.4. The van der Waals surface area contributed by atoms with Crippen molar-refractivity contribution >= 4 is 17.5 Å². The first-order valence-corrected chi connectivity index (χ1v) is 8.12. The molecular weight excluding hydrogens is 328 g/mol. The Morgan fingerprint density at radius 1 is 1.15 bits per heavy atom. The number of nitrogens with zero attached hydrogens (tertiary/aromatic N) is 4. The average Bonchev–Trinajstić information content (AvgIpc) is 2.68. The van der Waals surface area contributed by atoms with E-state index in [0.717, 1.165) is 11.3 Å². The van der Waals surface area contributed by atoms with Gasteiger partial charge in [-0.3, -0.25) is 4.98 Å². The topological polar surface area (TPSA) is 107 Å². The highest BCUT2D eigenvalue weighted by Crippen LogP contribution is 2.24. The summed E-state index contributed by atoms with van der Waals surface area (Å²) in [4.78, 5) is 13.0. The molecule has 0 radical (unpaired) electrons. The second-order valence-corrected chi connectivity index (χ2v) is 5.74. The van der Waals surface area contributed by atoms with Gasteiger partial charge in [-0.1, -0.05) is 6.07 Å². The van der Waals surface area contributed by atoms with Crippen LogP contribution in [0.1, 0.15) is 12.5 Å². The van der Waals surface area contributed by atoms with Gasteiger partial charge in [0.2, 0.25) is 5.95 Å². The Labute approximate surface area is 151 Å². The maximum atomic E-state index is 9.27. The van der Waals surface area contributed by atoms with E-state index in [9.17, 15) is 5.11 Å². The summed E-state index contributed by atoms with van der Waals surface area (Å²) in [5.41, 5.74) is 2.93. The van der Waals surface area contributed by atoms with Crippen LogP contribution < -0.4 is 10.6 Å². The van der Waals surface area contributed by atoms with Gasteiger partial charge in [0.05, 0.1) is 23.9 Å². The van der Waals surface area contributed by atoms with Crippen molar-refractivity contribution in [2.45, 2.75) is 13.0 Å². The van der Waals surface area contributed by atoms with Gasteiger partial charge in [0.25, 0.3) is 0 Å². The number of pyridine rings is 1. The third kappa shape index (κ3) is 4.32. The van der Waals surface area contributed by atoms with E-state index in [-0.39, 0.29) is 12.6 Å². The van der Waals surface area contributed by atoms with Gasteiger partial charge in [-0.25, -0.2) is 4.98 Å². The SMILES string of the molecule is C[C@@H](CO)Nc1nc(Nc2cccc(C#N)c2)cc(-c2ccncc2)n1. The van der Waals surface area contributed by atoms with Crippen molar-refractivity contribution in [1.82, 2.24) is 15.0 Å². The lowest BCUT2D eigenvalue weighted by molar-refractivity contribution is 0.281. The Hall–Kier alpha value is -3.50. The van der Waals surface area contributed by atoms with Gasteiger partial charge in [0, 0.05) is 35.8 Å². The highest BCUT2D eigenvalue weighted by Gasteiger charge is 2.09. The lowest BCUT2D eigenvalue weighted by Crippen LogP contribution is -2.21. The Bertz CT molecular complexity index is 923. The van der Waals surface area contributed by atoms with E-state index < -0.39 is 0 Å². The highest BCUT2D eigenvalue weighted by molar-refractivity contribution is 5.67. The van der Waals surface area contributed by atoms with E-state index in [1.807, 2.05) is 31.2 Å². The molecule has 0 amide bonds. The molecule has 0 fully saturated rings. The summed E-state index contributed by atoms with van der Waals surface area (Å²) in [5, 5.41) is 24.6. The van der Waals surface area contributed by atoms with Crippen molar-refractivity contribution in [2.24, 2.45) is 0 Å². The molecule has 0 aliphatic carbocycles. The summed E-state index contributed by atoms with van der Waals surface area (Å²) in [5.74, 6) is 0.981. The minimum atomic E-state index is -0.183. The molecule has 0 saturated carbocycles. The molecule has 26 heavy (non-hydrogen) atoms. The second kappa shape index (κ2) is 8.05. The van der Waals surface area contributed by atoms with Gasteiger partial charge >= 0.3 is 0 Å². The van der Waals surface area contributed by atoms with E-state index in [1.54, 1.807) is 30.6 Å². The lowest BCUT2D eigenvalue weighted by atomic mass is 10.2. The standard InChI is InChI=1S/C19H18N6O/c1-13(12-26)22-19-24-17(15-5-7-21-8-6-15)10-18(25-19)23-16-4-2-3-14(9-16)11-20/h2-10,13,26H,12H2,1H3,(H2,22,23,24,25)/t13-/m0/s1. The fourth-order valence-corrected chi connectivity index (χ4v) is 2.33. The van der Waals surface area contributed by atoms with E-state index in [2.05, 4.69) is 31.7 Å². The van der Waals surface area contributed by atoms with Gasteiger partial charge in [-0.05, 0) is 37.3 Å². The van der Waals surface area contributed by atoms with E-state index in [4.69, 9.17) is 5.26 Å². The van der Waals surface area contributed by atoms with E-state index >= 15 is 0 Å². The number of benzene rings is 1. The number of aliphatic hydroxyl groups excluding tert-OH is 1. The molecule has 3 aromatic rings. The van der Waals surface area contributed by atoms with Gasteiger partial charge in [0.15, 0.2) is 0 Å². The molecule has 2 aromatic heterocycles. The van der Waals surface area contributed by atoms with Crippen LogP contribution in [0, 0.1) is 11.3 Å². The molecule has 0 spiro atoms. The molecule has 2 heterocycles. The van der Waals surface area contributed by atoms with Crippen molar-refractivity contribution < 1.29 is 5.11 Å². The van der Waals surface area contributed by atoms with Crippen LogP contribution in [-0.2, 0) is 0 Å². The van der Waals surface area contributed by atoms with Gasteiger partial charge < -0.3 is 15.7 Å². The Kier molecular flexibility index (Phi) is 5.37. The smallest absolute Gasteiger partial charge is 0.225 e. The zero-order valence-corrected chi connectivity index (χ0v) is 14.2. The van der Waals surface area contributed by atoms with Crippen LogP contribution in [0.4, 0.5) is 17.5 Å². The highest BCUT2D eigenvalue weighted by atomic mass is 16.3. The van der Waals surface area contributed by atoms with Crippen LogP contribution in [0.2, 0.25) is 0 Å². The summed E-state index contributed by atoms with van der Waals surface area (Å²) in [6, 6.07) is 14.6. The molecule has 130 valence electrons. The predicted molar refractivity (Wildman–Crippen MR) is 99.9 cm³/mol. The third-order valence-electron chi connectivity index (χ3n) is 3.62. The van der Waals surface area contributed by atoms with Gasteiger partial charge in [-0.2, -0.15) is 10.2 Å². The first-order chi connectivity index (χ1) is 12.7. The van der Waals surface area contributed by atoms with Crippen LogP contribution in [0.15, 0.2) is 54.9 Å². The molecule has 0 aliphatic rings. The number of rotatable bonds is 6. The van der Waals surface area contributed by atoms with Crippen LogP contribution in [0.25, 0.3) is 11.3 Å². The maximum Gasteiger partial charge on any atom is 0.225 e. The van der Waals surface area contributed by atoms with Crippen LogP contribution in [0.5, 0.6) is 0 Å². The number of hydrogen-bond acceptors (Lipinski definition) is 7. The number of aromatic nitrogens is 3. The quantitative estimate of drug-likeness (QED) is 0.630. The Morgan fingerprint density at radius 2 is 1.96 bits per heavy atom. The average molecular weight is 346 g/mol. The van der Waals surface area contributed by atoms with Crippen molar-refractivity contribution in [1.29, 1.82) is 5.26 Å². The van der Waals surface area contributed by atoms with Gasteiger partial charge in [0.1, 0.15) is 5.82 Å². The second-order valence-electron chi connectivity index (χ2n) is 5.74. The Morgan fingerprint density at radius 3 is 2.69 bits per heavy atom. The molecule has 0 unspecified atom stereocenters. The van der Waals surface area contributed by atoms with Crippen molar-refractivity contribution in [3.63, 3.8) is 0 Å². The number of nitriles is 1. The van der Waals surface area contributed by atoms with Crippen molar-refractivity contribution in [3.8, 4) is 17.3 Å². The number of anilines is 3.